The van der Waals surface area contributed by atoms with E-state index in [-0.39, 0.29) is 12.1 Å². The molecule has 0 aromatic rings. The van der Waals surface area contributed by atoms with Crippen LogP contribution < -0.4 is 16.4 Å². The summed E-state index contributed by atoms with van der Waals surface area (Å²) in [5.74, 6) is -0.425. The SMILES string of the molecule is CCNC(=O)NC(=O)C(C)OC1CC(N)C1. The monoisotopic (exact) mass is 229 g/mol. The first kappa shape index (κ1) is 12.9. The molecule has 1 unspecified atom stereocenters. The van der Waals surface area contributed by atoms with Crippen molar-refractivity contribution in [3.63, 3.8) is 0 Å². The van der Waals surface area contributed by atoms with Crippen molar-refractivity contribution < 1.29 is 14.3 Å². The lowest BCUT2D eigenvalue weighted by molar-refractivity contribution is -0.138. The minimum atomic E-state index is -0.625. The molecule has 0 bridgehead atoms. The van der Waals surface area contributed by atoms with Crippen molar-refractivity contribution in [1.29, 1.82) is 0 Å². The highest BCUT2D eigenvalue weighted by atomic mass is 16.5. The van der Waals surface area contributed by atoms with E-state index in [0.29, 0.717) is 6.54 Å². The molecule has 1 fully saturated rings. The third-order valence-electron chi connectivity index (χ3n) is 2.47. The van der Waals surface area contributed by atoms with Gasteiger partial charge in [0.05, 0.1) is 6.10 Å². The van der Waals surface area contributed by atoms with Crippen LogP contribution in [0.1, 0.15) is 26.7 Å². The van der Waals surface area contributed by atoms with Crippen molar-refractivity contribution in [3.05, 3.63) is 0 Å². The van der Waals surface area contributed by atoms with E-state index >= 15 is 0 Å². The fourth-order valence-corrected chi connectivity index (χ4v) is 1.49. The molecule has 0 aromatic heterocycles. The predicted molar refractivity (Wildman–Crippen MR) is 58.8 cm³/mol. The molecule has 3 amide bonds. The van der Waals surface area contributed by atoms with Crippen molar-refractivity contribution in [2.75, 3.05) is 6.54 Å². The maximum atomic E-state index is 11.5. The van der Waals surface area contributed by atoms with Crippen LogP contribution in [-0.4, -0.2) is 36.7 Å². The summed E-state index contributed by atoms with van der Waals surface area (Å²) in [7, 11) is 0. The third kappa shape index (κ3) is 3.79. The highest BCUT2D eigenvalue weighted by molar-refractivity contribution is 5.96. The topological polar surface area (TPSA) is 93.5 Å². The summed E-state index contributed by atoms with van der Waals surface area (Å²) in [6.07, 6.45) is 0.975. The van der Waals surface area contributed by atoms with E-state index < -0.39 is 18.0 Å². The quantitative estimate of drug-likeness (QED) is 0.618. The summed E-state index contributed by atoms with van der Waals surface area (Å²) in [6.45, 7) is 3.88. The molecular formula is C10H19N3O3. The summed E-state index contributed by atoms with van der Waals surface area (Å²) in [4.78, 5) is 22.5. The summed E-state index contributed by atoms with van der Waals surface area (Å²) < 4.78 is 5.43. The van der Waals surface area contributed by atoms with E-state index in [1.54, 1.807) is 13.8 Å². The van der Waals surface area contributed by atoms with Gasteiger partial charge in [0.15, 0.2) is 0 Å². The van der Waals surface area contributed by atoms with Gasteiger partial charge in [-0.3, -0.25) is 10.1 Å². The van der Waals surface area contributed by atoms with Crippen molar-refractivity contribution in [3.8, 4) is 0 Å². The molecule has 0 spiro atoms. The van der Waals surface area contributed by atoms with Gasteiger partial charge in [-0.2, -0.15) is 0 Å². The number of ether oxygens (including phenoxy) is 1. The number of nitrogens with one attached hydrogen (secondary N) is 2. The molecule has 1 saturated carbocycles. The second kappa shape index (κ2) is 5.81. The van der Waals surface area contributed by atoms with Crippen molar-refractivity contribution >= 4 is 11.9 Å². The summed E-state index contributed by atoms with van der Waals surface area (Å²) >= 11 is 0. The molecule has 1 rings (SSSR count). The molecule has 1 aliphatic rings. The van der Waals surface area contributed by atoms with E-state index in [0.717, 1.165) is 12.8 Å². The molecule has 0 aliphatic heterocycles. The number of hydrogen-bond donors (Lipinski definition) is 3. The first-order chi connectivity index (χ1) is 7.52. The lowest BCUT2D eigenvalue weighted by Crippen LogP contribution is -2.48. The number of amides is 3. The lowest BCUT2D eigenvalue weighted by atomic mass is 9.90. The van der Waals surface area contributed by atoms with Gasteiger partial charge in [-0.1, -0.05) is 0 Å². The molecule has 0 radical (unpaired) electrons. The molecule has 6 nitrogen and oxygen atoms in total. The third-order valence-corrected chi connectivity index (χ3v) is 2.47. The van der Waals surface area contributed by atoms with Gasteiger partial charge >= 0.3 is 6.03 Å². The number of urea groups is 1. The highest BCUT2D eigenvalue weighted by Crippen LogP contribution is 2.22. The van der Waals surface area contributed by atoms with Gasteiger partial charge in [0.1, 0.15) is 6.10 Å². The van der Waals surface area contributed by atoms with Gasteiger partial charge in [0.25, 0.3) is 5.91 Å². The fraction of sp³-hybridized carbons (Fsp3) is 0.800. The van der Waals surface area contributed by atoms with Gasteiger partial charge < -0.3 is 15.8 Å². The standard InChI is InChI=1S/C10H19N3O3/c1-3-12-10(15)13-9(14)6(2)16-8-4-7(11)5-8/h6-8H,3-5,11H2,1-2H3,(H2,12,13,14,15). The average Bonchev–Trinajstić information content (AvgIpc) is 2.15. The zero-order valence-corrected chi connectivity index (χ0v) is 9.66. The van der Waals surface area contributed by atoms with Gasteiger partial charge in [-0.15, -0.1) is 0 Å². The highest BCUT2D eigenvalue weighted by Gasteiger charge is 2.30. The van der Waals surface area contributed by atoms with Crippen molar-refractivity contribution in [2.45, 2.75) is 44.9 Å². The van der Waals surface area contributed by atoms with Crippen LogP contribution in [0.2, 0.25) is 0 Å². The second-order valence-electron chi connectivity index (χ2n) is 3.98. The van der Waals surface area contributed by atoms with E-state index in [1.165, 1.54) is 0 Å². The largest absolute Gasteiger partial charge is 0.365 e. The minimum Gasteiger partial charge on any atom is -0.365 e. The van der Waals surface area contributed by atoms with Crippen molar-refractivity contribution in [1.82, 2.24) is 10.6 Å². The molecular weight excluding hydrogens is 210 g/mol. The van der Waals surface area contributed by atoms with Gasteiger partial charge in [-0.05, 0) is 26.7 Å². The van der Waals surface area contributed by atoms with E-state index in [2.05, 4.69) is 10.6 Å². The smallest absolute Gasteiger partial charge is 0.321 e. The Morgan fingerprint density at radius 1 is 1.50 bits per heavy atom. The van der Waals surface area contributed by atoms with Gasteiger partial charge in [0, 0.05) is 12.6 Å². The maximum absolute atomic E-state index is 11.5. The normalized spacial score (nSPS) is 25.4. The predicted octanol–water partition coefficient (Wildman–Crippen LogP) is -0.273. The van der Waals surface area contributed by atoms with Crippen LogP contribution in [-0.2, 0) is 9.53 Å². The Bertz CT molecular complexity index is 264. The fourth-order valence-electron chi connectivity index (χ4n) is 1.49. The van der Waals surface area contributed by atoms with Gasteiger partial charge in [-0.25, -0.2) is 4.79 Å². The number of nitrogens with two attached hydrogens (primary N) is 1. The Morgan fingerprint density at radius 2 is 2.12 bits per heavy atom. The molecule has 0 aromatic carbocycles. The summed E-state index contributed by atoms with van der Waals surface area (Å²) in [5, 5.41) is 4.67. The molecule has 0 saturated heterocycles. The van der Waals surface area contributed by atoms with Crippen LogP contribution in [0.5, 0.6) is 0 Å². The number of rotatable bonds is 4. The lowest BCUT2D eigenvalue weighted by Gasteiger charge is -2.33. The summed E-state index contributed by atoms with van der Waals surface area (Å²) in [6, 6.07) is -0.308. The summed E-state index contributed by atoms with van der Waals surface area (Å²) in [5.41, 5.74) is 5.60. The Kier molecular flexibility index (Phi) is 4.70. The van der Waals surface area contributed by atoms with E-state index in [9.17, 15) is 9.59 Å². The first-order valence-electron chi connectivity index (χ1n) is 5.52. The minimum absolute atomic E-state index is 0.0463. The average molecular weight is 229 g/mol. The number of imide groups is 1. The van der Waals surface area contributed by atoms with Crippen molar-refractivity contribution in [2.24, 2.45) is 5.73 Å². The molecule has 1 atom stereocenters. The van der Waals surface area contributed by atoms with Crippen LogP contribution in [0.3, 0.4) is 0 Å². The van der Waals surface area contributed by atoms with Crippen LogP contribution in [0.15, 0.2) is 0 Å². The Balaban J connectivity index is 2.22. The van der Waals surface area contributed by atoms with Crippen LogP contribution in [0.25, 0.3) is 0 Å². The van der Waals surface area contributed by atoms with Crippen LogP contribution in [0, 0.1) is 0 Å². The molecule has 6 heteroatoms. The van der Waals surface area contributed by atoms with Gasteiger partial charge in [0.2, 0.25) is 0 Å². The zero-order valence-electron chi connectivity index (χ0n) is 9.66. The molecule has 16 heavy (non-hydrogen) atoms. The maximum Gasteiger partial charge on any atom is 0.321 e. The number of hydrogen-bond acceptors (Lipinski definition) is 4. The number of carbonyl (C=O) groups is 2. The molecule has 1 aliphatic carbocycles. The Labute approximate surface area is 94.9 Å². The van der Waals surface area contributed by atoms with E-state index in [1.807, 2.05) is 0 Å². The Morgan fingerprint density at radius 3 is 2.62 bits per heavy atom. The number of carbonyl (C=O) groups excluding carboxylic acids is 2. The van der Waals surface area contributed by atoms with E-state index in [4.69, 9.17) is 10.5 Å². The Hall–Kier alpha value is -1.14. The molecule has 92 valence electrons. The zero-order chi connectivity index (χ0) is 12.1. The first-order valence-corrected chi connectivity index (χ1v) is 5.52. The second-order valence-corrected chi connectivity index (χ2v) is 3.98. The van der Waals surface area contributed by atoms with Crippen LogP contribution >= 0.6 is 0 Å². The molecule has 4 N–H and O–H groups in total. The molecule has 0 heterocycles. The van der Waals surface area contributed by atoms with Crippen LogP contribution in [0.4, 0.5) is 4.79 Å².